The molecule has 0 bridgehead atoms. The van der Waals surface area contributed by atoms with E-state index in [9.17, 15) is 10.1 Å². The Morgan fingerprint density at radius 2 is 2.21 bits per heavy atom. The third kappa shape index (κ3) is 0.751. The van der Waals surface area contributed by atoms with Gasteiger partial charge < -0.3 is 0 Å². The SMILES string of the molecule is N#C[C@@]12CCCC(=O)[C@@H]1[C@H]1CCC[C@H]12. The van der Waals surface area contributed by atoms with Crippen molar-refractivity contribution in [1.29, 1.82) is 5.26 Å². The van der Waals surface area contributed by atoms with Gasteiger partial charge in [0.1, 0.15) is 5.78 Å². The zero-order valence-corrected chi connectivity index (χ0v) is 8.33. The van der Waals surface area contributed by atoms with Crippen LogP contribution >= 0.6 is 0 Å². The minimum atomic E-state index is -0.212. The van der Waals surface area contributed by atoms with Gasteiger partial charge >= 0.3 is 0 Å². The van der Waals surface area contributed by atoms with Gasteiger partial charge in [0, 0.05) is 12.3 Å². The molecule has 4 atom stereocenters. The van der Waals surface area contributed by atoms with E-state index in [1.807, 2.05) is 0 Å². The lowest BCUT2D eigenvalue weighted by molar-refractivity contribution is -0.152. The van der Waals surface area contributed by atoms with Crippen molar-refractivity contribution in [2.24, 2.45) is 23.2 Å². The number of carbonyl (C=O) groups excluding carboxylic acids is 1. The molecular weight excluding hydrogens is 174 g/mol. The van der Waals surface area contributed by atoms with Crippen molar-refractivity contribution in [3.05, 3.63) is 0 Å². The average Bonchev–Trinajstić information content (AvgIpc) is 2.58. The Morgan fingerprint density at radius 1 is 1.36 bits per heavy atom. The van der Waals surface area contributed by atoms with Crippen molar-refractivity contribution in [3.63, 3.8) is 0 Å². The Balaban J connectivity index is 1.99. The maximum Gasteiger partial charge on any atom is 0.137 e. The topological polar surface area (TPSA) is 40.9 Å². The first-order valence-corrected chi connectivity index (χ1v) is 5.73. The quantitative estimate of drug-likeness (QED) is 0.586. The van der Waals surface area contributed by atoms with Gasteiger partial charge in [-0.05, 0) is 37.5 Å². The Morgan fingerprint density at radius 3 is 3.00 bits per heavy atom. The summed E-state index contributed by atoms with van der Waals surface area (Å²) < 4.78 is 0. The Hall–Kier alpha value is -0.840. The molecule has 0 radical (unpaired) electrons. The summed E-state index contributed by atoms with van der Waals surface area (Å²) in [4.78, 5) is 11.8. The van der Waals surface area contributed by atoms with Gasteiger partial charge in [0.2, 0.25) is 0 Å². The van der Waals surface area contributed by atoms with E-state index in [1.165, 1.54) is 19.3 Å². The number of fused-ring (bicyclic) bond motifs is 4. The summed E-state index contributed by atoms with van der Waals surface area (Å²) in [6.07, 6.45) is 6.31. The van der Waals surface area contributed by atoms with Crippen LogP contribution < -0.4 is 0 Å². The van der Waals surface area contributed by atoms with Crippen molar-refractivity contribution in [2.45, 2.75) is 38.5 Å². The van der Waals surface area contributed by atoms with Crippen LogP contribution in [0, 0.1) is 34.5 Å². The molecule has 74 valence electrons. The van der Waals surface area contributed by atoms with Gasteiger partial charge in [-0.1, -0.05) is 6.42 Å². The number of hydrogen-bond acceptors (Lipinski definition) is 2. The predicted molar refractivity (Wildman–Crippen MR) is 51.2 cm³/mol. The Bertz CT molecular complexity index is 330. The minimum Gasteiger partial charge on any atom is -0.299 e. The highest BCUT2D eigenvalue weighted by Crippen LogP contribution is 2.66. The molecule has 14 heavy (non-hydrogen) atoms. The first-order chi connectivity index (χ1) is 6.79. The van der Waals surface area contributed by atoms with Gasteiger partial charge in [0.15, 0.2) is 0 Å². The van der Waals surface area contributed by atoms with Crippen LogP contribution in [0.5, 0.6) is 0 Å². The third-order valence-corrected chi connectivity index (χ3v) is 4.78. The molecule has 2 heteroatoms. The van der Waals surface area contributed by atoms with E-state index in [-0.39, 0.29) is 11.3 Å². The molecule has 3 saturated carbocycles. The zero-order valence-electron chi connectivity index (χ0n) is 8.33. The zero-order chi connectivity index (χ0) is 9.76. The van der Waals surface area contributed by atoms with E-state index >= 15 is 0 Å². The van der Waals surface area contributed by atoms with Gasteiger partial charge in [-0.15, -0.1) is 0 Å². The monoisotopic (exact) mass is 189 g/mol. The van der Waals surface area contributed by atoms with Crippen molar-refractivity contribution < 1.29 is 4.79 Å². The van der Waals surface area contributed by atoms with Crippen LogP contribution in [0.15, 0.2) is 0 Å². The third-order valence-electron chi connectivity index (χ3n) is 4.78. The number of Topliss-reactive ketones (excluding diaryl/α,β-unsaturated/α-hetero) is 1. The second-order valence-electron chi connectivity index (χ2n) is 5.15. The van der Waals surface area contributed by atoms with Crippen LogP contribution in [0.4, 0.5) is 0 Å². The first-order valence-electron chi connectivity index (χ1n) is 5.73. The molecule has 0 saturated heterocycles. The Kier molecular flexibility index (Phi) is 1.57. The Labute approximate surface area is 84.3 Å². The molecule has 0 aromatic rings. The van der Waals surface area contributed by atoms with E-state index in [1.54, 1.807) is 0 Å². The fraction of sp³-hybridized carbons (Fsp3) is 0.833. The highest BCUT2D eigenvalue weighted by molar-refractivity contribution is 5.85. The fourth-order valence-electron chi connectivity index (χ4n) is 4.31. The molecule has 0 N–H and O–H groups in total. The van der Waals surface area contributed by atoms with Crippen molar-refractivity contribution in [3.8, 4) is 6.07 Å². The molecule has 0 spiro atoms. The van der Waals surface area contributed by atoms with E-state index in [4.69, 9.17) is 0 Å². The molecule has 0 amide bonds. The maximum atomic E-state index is 11.8. The molecular formula is C12H15NO. The fourth-order valence-corrected chi connectivity index (χ4v) is 4.31. The van der Waals surface area contributed by atoms with Crippen molar-refractivity contribution >= 4 is 5.78 Å². The molecule has 0 aromatic carbocycles. The maximum absolute atomic E-state index is 11.8. The van der Waals surface area contributed by atoms with Crippen molar-refractivity contribution in [2.75, 3.05) is 0 Å². The summed E-state index contributed by atoms with van der Waals surface area (Å²) in [6.45, 7) is 0. The summed E-state index contributed by atoms with van der Waals surface area (Å²) in [5.74, 6) is 1.68. The molecule has 3 aliphatic carbocycles. The molecule has 3 rings (SSSR count). The van der Waals surface area contributed by atoms with Gasteiger partial charge in [-0.2, -0.15) is 5.26 Å². The number of nitriles is 1. The summed E-state index contributed by atoms with van der Waals surface area (Å²) in [6, 6.07) is 2.50. The van der Waals surface area contributed by atoms with Crippen LogP contribution in [0.1, 0.15) is 38.5 Å². The smallest absolute Gasteiger partial charge is 0.137 e. The van der Waals surface area contributed by atoms with Crippen LogP contribution in [0.2, 0.25) is 0 Å². The standard InChI is InChI=1S/C12H15NO/c13-7-12-6-2-5-10(14)11(12)8-3-1-4-9(8)12/h8-9,11H,1-6H2/t8-,9+,11-,12+/m0/s1. The second kappa shape index (κ2) is 2.59. The average molecular weight is 189 g/mol. The summed E-state index contributed by atoms with van der Waals surface area (Å²) in [7, 11) is 0. The molecule has 3 aliphatic rings. The number of nitrogens with zero attached hydrogens (tertiary/aromatic N) is 1. The lowest BCUT2D eigenvalue weighted by atomic mass is 9.43. The minimum absolute atomic E-state index is 0.133. The molecule has 0 heterocycles. The molecule has 0 aromatic heterocycles. The number of rotatable bonds is 0. The van der Waals surface area contributed by atoms with Crippen LogP contribution in [-0.2, 0) is 4.79 Å². The van der Waals surface area contributed by atoms with E-state index < -0.39 is 0 Å². The first kappa shape index (κ1) is 8.47. The van der Waals surface area contributed by atoms with Crippen molar-refractivity contribution in [1.82, 2.24) is 0 Å². The predicted octanol–water partition coefficient (Wildman–Crippen LogP) is 2.30. The van der Waals surface area contributed by atoms with Gasteiger partial charge in [-0.25, -0.2) is 0 Å². The van der Waals surface area contributed by atoms with Gasteiger partial charge in [-0.3, -0.25) is 4.79 Å². The summed E-state index contributed by atoms with van der Waals surface area (Å²) in [5.41, 5.74) is -0.212. The van der Waals surface area contributed by atoms with Gasteiger partial charge in [0.25, 0.3) is 0 Å². The van der Waals surface area contributed by atoms with Crippen LogP contribution in [-0.4, -0.2) is 5.78 Å². The summed E-state index contributed by atoms with van der Waals surface area (Å²) in [5, 5.41) is 9.33. The molecule has 3 fully saturated rings. The second-order valence-corrected chi connectivity index (χ2v) is 5.15. The van der Waals surface area contributed by atoms with E-state index in [2.05, 4.69) is 6.07 Å². The molecule has 0 unspecified atom stereocenters. The normalized spacial score (nSPS) is 50.2. The highest BCUT2D eigenvalue weighted by atomic mass is 16.1. The van der Waals surface area contributed by atoms with Gasteiger partial charge in [0.05, 0.1) is 11.5 Å². The highest BCUT2D eigenvalue weighted by Gasteiger charge is 2.66. The number of carbonyl (C=O) groups is 1. The lowest BCUT2D eigenvalue weighted by Crippen LogP contribution is -2.58. The van der Waals surface area contributed by atoms with E-state index in [0.29, 0.717) is 17.6 Å². The lowest BCUT2D eigenvalue weighted by Gasteiger charge is -2.56. The van der Waals surface area contributed by atoms with Crippen LogP contribution in [0.3, 0.4) is 0 Å². The number of hydrogen-bond donors (Lipinski definition) is 0. The number of ketones is 1. The largest absolute Gasteiger partial charge is 0.299 e. The van der Waals surface area contributed by atoms with Crippen LogP contribution in [0.25, 0.3) is 0 Å². The molecule has 2 nitrogen and oxygen atoms in total. The summed E-state index contributed by atoms with van der Waals surface area (Å²) >= 11 is 0. The molecule has 0 aliphatic heterocycles. The van der Waals surface area contributed by atoms with E-state index in [0.717, 1.165) is 19.3 Å².